The van der Waals surface area contributed by atoms with Crippen molar-refractivity contribution in [3.05, 3.63) is 87.3 Å². The highest BCUT2D eigenvalue weighted by molar-refractivity contribution is 6.04. The zero-order valence-electron chi connectivity index (χ0n) is 18.2. The number of anilines is 1. The van der Waals surface area contributed by atoms with Crippen molar-refractivity contribution in [2.24, 2.45) is 0 Å². The highest BCUT2D eigenvalue weighted by Crippen LogP contribution is 2.27. The van der Waals surface area contributed by atoms with E-state index in [4.69, 9.17) is 4.98 Å². The van der Waals surface area contributed by atoms with E-state index in [0.717, 1.165) is 24.2 Å². The van der Waals surface area contributed by atoms with E-state index < -0.39 is 4.92 Å². The molecule has 0 unspecified atom stereocenters. The molecule has 9 nitrogen and oxygen atoms in total. The number of non-ortho nitro benzene ring substituents is 1. The van der Waals surface area contributed by atoms with Gasteiger partial charge in [0.15, 0.2) is 5.65 Å². The van der Waals surface area contributed by atoms with Crippen LogP contribution in [0.3, 0.4) is 0 Å². The fourth-order valence-corrected chi connectivity index (χ4v) is 4.01. The molecule has 0 atom stereocenters. The van der Waals surface area contributed by atoms with Gasteiger partial charge in [0.1, 0.15) is 11.2 Å². The number of fused-ring (bicyclic) bond motifs is 5. The predicted octanol–water partition coefficient (Wildman–Crippen LogP) is 3.67. The summed E-state index contributed by atoms with van der Waals surface area (Å²) in [6, 6.07) is 17.2. The van der Waals surface area contributed by atoms with Crippen LogP contribution in [0.25, 0.3) is 33.3 Å². The highest BCUT2D eigenvalue weighted by Gasteiger charge is 2.18. The normalized spacial score (nSPS) is 11.6. The van der Waals surface area contributed by atoms with Gasteiger partial charge in [0.25, 0.3) is 11.2 Å². The van der Waals surface area contributed by atoms with E-state index in [1.54, 1.807) is 22.8 Å². The van der Waals surface area contributed by atoms with E-state index in [1.807, 2.05) is 55.0 Å². The molecule has 1 N–H and O–H groups in total. The topological polar surface area (TPSA) is 97.7 Å². The number of nitro groups is 1. The number of nitrogens with zero attached hydrogens (tertiary/aromatic N) is 5. The number of hydrogen-bond acceptors (Lipinski definition) is 6. The second-order valence-corrected chi connectivity index (χ2v) is 8.12. The number of benzene rings is 2. The number of imidazole rings is 1. The Balaban J connectivity index is 1.79. The monoisotopic (exact) mass is 442 g/mol. The van der Waals surface area contributed by atoms with Crippen LogP contribution >= 0.6 is 0 Å². The highest BCUT2D eigenvalue weighted by atomic mass is 16.6. The van der Waals surface area contributed by atoms with Crippen LogP contribution in [0, 0.1) is 10.1 Å². The van der Waals surface area contributed by atoms with Crippen LogP contribution in [0.2, 0.25) is 0 Å². The number of nitro benzene ring substituents is 1. The van der Waals surface area contributed by atoms with Crippen molar-refractivity contribution in [2.75, 3.05) is 32.5 Å². The van der Waals surface area contributed by atoms with Crippen LogP contribution < -0.4 is 10.9 Å². The summed E-state index contributed by atoms with van der Waals surface area (Å²) in [5.41, 5.74) is 3.20. The van der Waals surface area contributed by atoms with E-state index in [-0.39, 0.29) is 11.2 Å². The Hall–Kier alpha value is -4.24. The summed E-state index contributed by atoms with van der Waals surface area (Å²) in [6.07, 6.45) is 1.93. The van der Waals surface area contributed by atoms with Crippen LogP contribution in [0.4, 0.5) is 11.4 Å². The third-order valence-electron chi connectivity index (χ3n) is 5.63. The molecule has 0 amide bonds. The molecule has 0 aliphatic rings. The fraction of sp³-hybridized carbons (Fsp3) is 0.167. The molecule has 5 rings (SSSR count). The van der Waals surface area contributed by atoms with Gasteiger partial charge in [0.2, 0.25) is 0 Å². The van der Waals surface area contributed by atoms with Crippen LogP contribution in [0.15, 0.2) is 71.7 Å². The van der Waals surface area contributed by atoms with Crippen molar-refractivity contribution in [1.82, 2.24) is 18.9 Å². The van der Waals surface area contributed by atoms with E-state index in [2.05, 4.69) is 10.2 Å². The van der Waals surface area contributed by atoms with E-state index in [0.29, 0.717) is 27.9 Å². The van der Waals surface area contributed by atoms with Crippen LogP contribution in [-0.4, -0.2) is 51.0 Å². The number of hydrogen-bond donors (Lipinski definition) is 1. The molecule has 2 aromatic carbocycles. The Morgan fingerprint density at radius 2 is 1.76 bits per heavy atom. The van der Waals surface area contributed by atoms with Gasteiger partial charge in [-0.05, 0) is 44.4 Å². The lowest BCUT2D eigenvalue weighted by Crippen LogP contribution is -2.21. The molecule has 3 heterocycles. The maximum absolute atomic E-state index is 13.6. The summed E-state index contributed by atoms with van der Waals surface area (Å²) in [4.78, 5) is 31.2. The maximum atomic E-state index is 13.6. The molecule has 0 saturated heterocycles. The average Bonchev–Trinajstić information content (AvgIpc) is 3.18. The lowest BCUT2D eigenvalue weighted by Gasteiger charge is -2.13. The van der Waals surface area contributed by atoms with Crippen LogP contribution in [0.5, 0.6) is 0 Å². The Morgan fingerprint density at radius 1 is 1.03 bits per heavy atom. The minimum Gasteiger partial charge on any atom is -0.383 e. The third kappa shape index (κ3) is 3.58. The SMILES string of the molecule is CN(C)CCNc1ccc2nc3c4ccccc4c(=O)n(-c4ccc([N+](=O)[O-])cc4)c3n2c1. The summed E-state index contributed by atoms with van der Waals surface area (Å²) < 4.78 is 3.47. The second-order valence-electron chi connectivity index (χ2n) is 8.12. The molecule has 33 heavy (non-hydrogen) atoms. The number of pyridine rings is 2. The summed E-state index contributed by atoms with van der Waals surface area (Å²) in [6.45, 7) is 1.64. The summed E-state index contributed by atoms with van der Waals surface area (Å²) in [5.74, 6) is 0. The van der Waals surface area contributed by atoms with Crippen molar-refractivity contribution in [2.45, 2.75) is 0 Å². The Bertz CT molecular complexity index is 1570. The smallest absolute Gasteiger partial charge is 0.269 e. The van der Waals surface area contributed by atoms with Gasteiger partial charge in [-0.15, -0.1) is 0 Å². The largest absolute Gasteiger partial charge is 0.383 e. The van der Waals surface area contributed by atoms with E-state index in [1.165, 1.54) is 12.1 Å². The molecule has 0 saturated carbocycles. The maximum Gasteiger partial charge on any atom is 0.269 e. The molecule has 0 aliphatic carbocycles. The minimum atomic E-state index is -0.456. The van der Waals surface area contributed by atoms with Gasteiger partial charge in [0.05, 0.1) is 16.3 Å². The number of likely N-dealkylation sites (N-methyl/N-ethyl adjacent to an activating group) is 1. The third-order valence-corrected chi connectivity index (χ3v) is 5.63. The summed E-state index contributed by atoms with van der Waals surface area (Å²) in [7, 11) is 4.03. The molecule has 0 radical (unpaired) electrons. The molecular formula is C24H22N6O3. The quantitative estimate of drug-likeness (QED) is 0.318. The fourth-order valence-electron chi connectivity index (χ4n) is 4.01. The Morgan fingerprint density at radius 3 is 2.45 bits per heavy atom. The van der Waals surface area contributed by atoms with E-state index in [9.17, 15) is 14.9 Å². The number of aromatic nitrogens is 3. The summed E-state index contributed by atoms with van der Waals surface area (Å²) in [5, 5.41) is 15.8. The van der Waals surface area contributed by atoms with Gasteiger partial charge in [-0.3, -0.25) is 23.9 Å². The first-order chi connectivity index (χ1) is 15.9. The number of nitrogens with one attached hydrogen (secondary N) is 1. The van der Waals surface area contributed by atoms with Gasteiger partial charge in [0, 0.05) is 42.2 Å². The van der Waals surface area contributed by atoms with Crippen molar-refractivity contribution in [3.8, 4) is 5.69 Å². The molecule has 0 spiro atoms. The first kappa shape index (κ1) is 20.7. The standard InChI is InChI=1S/C24H22N6O3/c1-27(2)14-13-25-16-7-12-21-26-22-19-5-3-4-6-20(19)24(31)29(23(22)28(21)15-16)17-8-10-18(11-9-17)30(32)33/h3-12,15,25H,13-14H2,1-2H3. The van der Waals surface area contributed by atoms with Gasteiger partial charge in [-0.25, -0.2) is 4.98 Å². The molecule has 166 valence electrons. The van der Waals surface area contributed by atoms with Crippen molar-refractivity contribution in [3.63, 3.8) is 0 Å². The van der Waals surface area contributed by atoms with Gasteiger partial charge in [-0.1, -0.05) is 18.2 Å². The zero-order chi connectivity index (χ0) is 23.1. The van der Waals surface area contributed by atoms with Crippen LogP contribution in [-0.2, 0) is 0 Å². The second kappa shape index (κ2) is 8.03. The van der Waals surface area contributed by atoms with E-state index >= 15 is 0 Å². The van der Waals surface area contributed by atoms with Gasteiger partial charge in [-0.2, -0.15) is 0 Å². The average molecular weight is 442 g/mol. The van der Waals surface area contributed by atoms with Crippen LogP contribution in [0.1, 0.15) is 0 Å². The Labute approximate surface area is 188 Å². The molecular weight excluding hydrogens is 420 g/mol. The lowest BCUT2D eigenvalue weighted by molar-refractivity contribution is -0.384. The summed E-state index contributed by atoms with van der Waals surface area (Å²) >= 11 is 0. The minimum absolute atomic E-state index is 0.0330. The first-order valence-electron chi connectivity index (χ1n) is 10.5. The Kier molecular flexibility index (Phi) is 5.02. The first-order valence-corrected chi connectivity index (χ1v) is 10.5. The van der Waals surface area contributed by atoms with Gasteiger partial charge < -0.3 is 10.2 Å². The van der Waals surface area contributed by atoms with Crippen molar-refractivity contribution in [1.29, 1.82) is 0 Å². The molecule has 9 heteroatoms. The molecule has 3 aromatic heterocycles. The van der Waals surface area contributed by atoms with Crippen molar-refractivity contribution >= 4 is 39.0 Å². The zero-order valence-corrected chi connectivity index (χ0v) is 18.2. The van der Waals surface area contributed by atoms with Crippen molar-refractivity contribution < 1.29 is 4.92 Å². The molecule has 0 bridgehead atoms. The molecule has 0 fully saturated rings. The lowest BCUT2D eigenvalue weighted by atomic mass is 10.1. The van der Waals surface area contributed by atoms with Gasteiger partial charge >= 0.3 is 0 Å². The molecule has 5 aromatic rings. The molecule has 0 aliphatic heterocycles. The predicted molar refractivity (Wildman–Crippen MR) is 129 cm³/mol. The number of rotatable bonds is 6.